The number of phenols is 1. The van der Waals surface area contributed by atoms with Crippen molar-refractivity contribution in [1.29, 1.82) is 0 Å². The Hall–Kier alpha value is -1.14. The van der Waals surface area contributed by atoms with E-state index in [9.17, 15) is 19.4 Å². The Kier molecular flexibility index (Phi) is 3.31. The van der Waals surface area contributed by atoms with Crippen LogP contribution in [0.25, 0.3) is 0 Å². The Balaban J connectivity index is 3.45. The first-order valence-electron chi connectivity index (χ1n) is 3.94. The number of hydrogen-bond acceptors (Lipinski definition) is 3. The van der Waals surface area contributed by atoms with Gasteiger partial charge in [-0.3, -0.25) is 0 Å². The minimum absolute atomic E-state index is 0.281. The molecule has 0 radical (unpaired) electrons. The molecule has 0 saturated carbocycles. The van der Waals surface area contributed by atoms with Gasteiger partial charge >= 0.3 is 5.97 Å². The predicted octanol–water partition coefficient (Wildman–Crippen LogP) is 1.72. The molecule has 1 rings (SSSR count). The lowest BCUT2D eigenvalue weighted by molar-refractivity contribution is -0.147. The number of carboxylic acid groups (broad SMARTS) is 1. The van der Waals surface area contributed by atoms with E-state index < -0.39 is 23.6 Å². The highest BCUT2D eigenvalue weighted by atomic mass is 79.9. The van der Waals surface area contributed by atoms with Gasteiger partial charge in [0, 0.05) is 10.0 Å². The van der Waals surface area contributed by atoms with Crippen molar-refractivity contribution in [3.63, 3.8) is 0 Å². The third-order valence-electron chi connectivity index (χ3n) is 2.00. The molecule has 1 unspecified atom stereocenters. The molecule has 1 aromatic carbocycles. The second kappa shape index (κ2) is 4.16. The number of halogens is 2. The van der Waals surface area contributed by atoms with E-state index >= 15 is 0 Å². The highest BCUT2D eigenvalue weighted by Crippen LogP contribution is 2.34. The van der Waals surface area contributed by atoms with Gasteiger partial charge in [0.05, 0.1) is 0 Å². The molecule has 3 N–H and O–H groups in total. The van der Waals surface area contributed by atoms with Gasteiger partial charge in [-0.15, -0.1) is 0 Å². The number of carbonyl (C=O) groups is 1. The standard InChI is InChI=1S/C9H8BrFO4/c1-3-4(10)2-5(11)7(12)6(3)8(13)9(14)15/h2,8,12-13H,1H3,(H,14,15). The molecule has 0 aliphatic heterocycles. The zero-order valence-corrected chi connectivity index (χ0v) is 9.25. The van der Waals surface area contributed by atoms with Gasteiger partial charge in [-0.05, 0) is 18.6 Å². The van der Waals surface area contributed by atoms with Gasteiger partial charge in [0.1, 0.15) is 0 Å². The maximum atomic E-state index is 13.1. The molecule has 0 bridgehead atoms. The van der Waals surface area contributed by atoms with E-state index in [4.69, 9.17) is 5.11 Å². The number of benzene rings is 1. The molecule has 6 heteroatoms. The topological polar surface area (TPSA) is 77.8 Å². The molecule has 0 spiro atoms. The van der Waals surface area contributed by atoms with Crippen molar-refractivity contribution in [3.05, 3.63) is 27.5 Å². The summed E-state index contributed by atoms with van der Waals surface area (Å²) in [5.74, 6) is -3.38. The van der Waals surface area contributed by atoms with Gasteiger partial charge in [0.2, 0.25) is 0 Å². The first-order valence-corrected chi connectivity index (χ1v) is 4.74. The summed E-state index contributed by atoms with van der Waals surface area (Å²) in [4.78, 5) is 10.5. The largest absolute Gasteiger partial charge is 0.505 e. The average Bonchev–Trinajstić information content (AvgIpc) is 2.15. The maximum absolute atomic E-state index is 13.1. The van der Waals surface area contributed by atoms with Crippen LogP contribution in [0.15, 0.2) is 10.5 Å². The third-order valence-corrected chi connectivity index (χ3v) is 2.83. The molecule has 0 amide bonds. The Bertz CT molecular complexity index is 393. The fraction of sp³-hybridized carbons (Fsp3) is 0.222. The molecule has 4 nitrogen and oxygen atoms in total. The molecule has 0 fully saturated rings. The number of aliphatic hydroxyl groups excluding tert-OH is 1. The summed E-state index contributed by atoms with van der Waals surface area (Å²) in [6.45, 7) is 1.46. The number of phenolic OH excluding ortho intramolecular Hbond substituents is 1. The van der Waals surface area contributed by atoms with E-state index in [2.05, 4.69) is 15.9 Å². The molecule has 15 heavy (non-hydrogen) atoms. The van der Waals surface area contributed by atoms with E-state index in [-0.39, 0.29) is 15.6 Å². The molecule has 0 aliphatic rings. The van der Waals surface area contributed by atoms with Crippen LogP contribution in [0.4, 0.5) is 4.39 Å². The second-order valence-corrected chi connectivity index (χ2v) is 3.82. The van der Waals surface area contributed by atoms with Crippen LogP contribution >= 0.6 is 15.9 Å². The molecule has 0 saturated heterocycles. The van der Waals surface area contributed by atoms with Crippen LogP contribution in [0.1, 0.15) is 17.2 Å². The number of rotatable bonds is 2. The van der Waals surface area contributed by atoms with Crippen LogP contribution in [0.2, 0.25) is 0 Å². The van der Waals surface area contributed by atoms with Crippen molar-refractivity contribution < 1.29 is 24.5 Å². The first-order chi connectivity index (χ1) is 6.86. The van der Waals surface area contributed by atoms with Crippen molar-refractivity contribution in [3.8, 4) is 5.75 Å². The van der Waals surface area contributed by atoms with Crippen LogP contribution in [0.3, 0.4) is 0 Å². The van der Waals surface area contributed by atoms with Crippen molar-refractivity contribution in [2.75, 3.05) is 0 Å². The molecule has 1 aromatic rings. The average molecular weight is 279 g/mol. The van der Waals surface area contributed by atoms with Crippen LogP contribution in [0.5, 0.6) is 5.75 Å². The molecular formula is C9H8BrFO4. The molecule has 0 heterocycles. The van der Waals surface area contributed by atoms with E-state index in [0.717, 1.165) is 6.07 Å². The maximum Gasteiger partial charge on any atom is 0.337 e. The third kappa shape index (κ3) is 2.10. The fourth-order valence-electron chi connectivity index (χ4n) is 1.18. The number of hydrogen-bond donors (Lipinski definition) is 3. The van der Waals surface area contributed by atoms with E-state index in [1.165, 1.54) is 6.92 Å². The van der Waals surface area contributed by atoms with Gasteiger partial charge in [0.15, 0.2) is 17.7 Å². The summed E-state index contributed by atoms with van der Waals surface area (Å²) >= 11 is 2.99. The summed E-state index contributed by atoms with van der Waals surface area (Å²) in [5.41, 5.74) is -0.0572. The number of aromatic hydroxyl groups is 1. The van der Waals surface area contributed by atoms with E-state index in [1.807, 2.05) is 0 Å². The summed E-state index contributed by atoms with van der Waals surface area (Å²) in [7, 11) is 0. The Morgan fingerprint density at radius 3 is 2.60 bits per heavy atom. The number of aliphatic hydroxyl groups is 1. The van der Waals surface area contributed by atoms with Crippen LogP contribution < -0.4 is 0 Å². The summed E-state index contributed by atoms with van der Waals surface area (Å²) < 4.78 is 13.3. The first kappa shape index (κ1) is 11.9. The highest BCUT2D eigenvalue weighted by molar-refractivity contribution is 9.10. The van der Waals surface area contributed by atoms with E-state index in [1.54, 1.807) is 0 Å². The molecule has 1 atom stereocenters. The Labute approximate surface area is 93.1 Å². The molecule has 82 valence electrons. The summed E-state index contributed by atoms with van der Waals surface area (Å²) in [6.07, 6.45) is -1.95. The smallest absolute Gasteiger partial charge is 0.337 e. The minimum Gasteiger partial charge on any atom is -0.505 e. The van der Waals surface area contributed by atoms with Crippen LogP contribution in [0, 0.1) is 12.7 Å². The van der Waals surface area contributed by atoms with Crippen molar-refractivity contribution in [2.24, 2.45) is 0 Å². The molecule has 0 aromatic heterocycles. The van der Waals surface area contributed by atoms with Gasteiger partial charge in [-0.1, -0.05) is 15.9 Å². The SMILES string of the molecule is Cc1c(Br)cc(F)c(O)c1C(O)C(=O)O. The van der Waals surface area contributed by atoms with Crippen molar-refractivity contribution in [1.82, 2.24) is 0 Å². The second-order valence-electron chi connectivity index (χ2n) is 2.97. The fourth-order valence-corrected chi connectivity index (χ4v) is 1.60. The normalized spacial score (nSPS) is 12.5. The minimum atomic E-state index is -1.95. The lowest BCUT2D eigenvalue weighted by Gasteiger charge is -2.13. The molecule has 0 aliphatic carbocycles. The Morgan fingerprint density at radius 1 is 1.60 bits per heavy atom. The zero-order chi connectivity index (χ0) is 11.7. The number of aliphatic carboxylic acids is 1. The monoisotopic (exact) mass is 278 g/mol. The lowest BCUT2D eigenvalue weighted by Crippen LogP contribution is -2.13. The zero-order valence-electron chi connectivity index (χ0n) is 7.66. The van der Waals surface area contributed by atoms with Gasteiger partial charge in [-0.2, -0.15) is 0 Å². The predicted molar refractivity (Wildman–Crippen MR) is 53.1 cm³/mol. The molecular weight excluding hydrogens is 271 g/mol. The van der Waals surface area contributed by atoms with Gasteiger partial charge < -0.3 is 15.3 Å². The van der Waals surface area contributed by atoms with Gasteiger partial charge in [-0.25, -0.2) is 9.18 Å². The highest BCUT2D eigenvalue weighted by Gasteiger charge is 2.25. The van der Waals surface area contributed by atoms with Gasteiger partial charge in [0.25, 0.3) is 0 Å². The van der Waals surface area contributed by atoms with Crippen molar-refractivity contribution in [2.45, 2.75) is 13.0 Å². The Morgan fingerprint density at radius 2 is 2.13 bits per heavy atom. The number of carboxylic acids is 1. The summed E-state index contributed by atoms with van der Waals surface area (Å²) in [6, 6.07) is 1.00. The van der Waals surface area contributed by atoms with E-state index in [0.29, 0.717) is 0 Å². The quantitative estimate of drug-likeness (QED) is 0.770. The van der Waals surface area contributed by atoms with Crippen molar-refractivity contribution >= 4 is 21.9 Å². The lowest BCUT2D eigenvalue weighted by atomic mass is 10.0. The summed E-state index contributed by atoms with van der Waals surface area (Å²) in [5, 5.41) is 27.1. The van der Waals surface area contributed by atoms with Crippen LogP contribution in [-0.4, -0.2) is 21.3 Å². The van der Waals surface area contributed by atoms with Crippen LogP contribution in [-0.2, 0) is 4.79 Å².